The van der Waals surface area contributed by atoms with Crippen molar-refractivity contribution >= 4 is 11.5 Å². The number of aromatic nitrogens is 4. The fourth-order valence-corrected chi connectivity index (χ4v) is 3.43. The van der Waals surface area contributed by atoms with Gasteiger partial charge in [0, 0.05) is 18.5 Å². The largest absolute Gasteiger partial charge is 0.367 e. The summed E-state index contributed by atoms with van der Waals surface area (Å²) in [7, 11) is 0. The van der Waals surface area contributed by atoms with Gasteiger partial charge in [0.15, 0.2) is 11.5 Å². The number of hydrogen-bond donors (Lipinski definition) is 1. The summed E-state index contributed by atoms with van der Waals surface area (Å²) in [4.78, 5) is 2.57. The summed E-state index contributed by atoms with van der Waals surface area (Å²) in [6.45, 7) is 5.58. The van der Waals surface area contributed by atoms with Crippen molar-refractivity contribution < 1.29 is 0 Å². The molecule has 0 amide bonds. The maximum absolute atomic E-state index is 4.69. The molecule has 0 unspecified atom stereocenters. The van der Waals surface area contributed by atoms with Crippen molar-refractivity contribution in [2.24, 2.45) is 0 Å². The molecule has 2 aromatic rings. The average molecular weight is 300 g/mol. The van der Waals surface area contributed by atoms with E-state index in [1.165, 1.54) is 38.6 Å². The van der Waals surface area contributed by atoms with Gasteiger partial charge in [-0.3, -0.25) is 4.90 Å². The van der Waals surface area contributed by atoms with E-state index in [9.17, 15) is 0 Å². The van der Waals surface area contributed by atoms with Crippen molar-refractivity contribution in [3.8, 4) is 0 Å². The summed E-state index contributed by atoms with van der Waals surface area (Å²) in [5.41, 5.74) is 0.848. The maximum Gasteiger partial charge on any atom is 0.178 e. The molecule has 118 valence electrons. The Morgan fingerprint density at radius 1 is 1.18 bits per heavy atom. The van der Waals surface area contributed by atoms with Crippen LogP contribution in [0, 0.1) is 0 Å². The molecule has 0 aromatic carbocycles. The van der Waals surface area contributed by atoms with Crippen LogP contribution in [0.25, 0.3) is 5.65 Å². The highest BCUT2D eigenvalue weighted by atomic mass is 15.4. The summed E-state index contributed by atoms with van der Waals surface area (Å²) in [5, 5.41) is 16.7. The summed E-state index contributed by atoms with van der Waals surface area (Å²) < 4.78 is 1.92. The van der Waals surface area contributed by atoms with Gasteiger partial charge in [-0.05, 0) is 50.9 Å². The second-order valence-corrected chi connectivity index (χ2v) is 6.48. The molecule has 1 saturated heterocycles. The van der Waals surface area contributed by atoms with Crippen molar-refractivity contribution in [3.05, 3.63) is 18.0 Å². The fraction of sp³-hybridized carbons (Fsp3) is 0.688. The van der Waals surface area contributed by atoms with Crippen LogP contribution in [-0.2, 0) is 0 Å². The van der Waals surface area contributed by atoms with Gasteiger partial charge in [0.25, 0.3) is 0 Å². The van der Waals surface area contributed by atoms with Crippen LogP contribution in [0.4, 0.5) is 5.82 Å². The minimum Gasteiger partial charge on any atom is -0.367 e. The van der Waals surface area contributed by atoms with Gasteiger partial charge in [-0.1, -0.05) is 13.3 Å². The number of rotatable bonds is 5. The molecule has 6 heteroatoms. The highest BCUT2D eigenvalue weighted by molar-refractivity contribution is 5.44. The Bertz CT molecular complexity index is 647. The van der Waals surface area contributed by atoms with Crippen molar-refractivity contribution in [1.29, 1.82) is 0 Å². The molecule has 6 nitrogen and oxygen atoms in total. The third kappa shape index (κ3) is 2.67. The number of likely N-dealkylation sites (N-methyl/N-ethyl adjacent to an activating group) is 1. The van der Waals surface area contributed by atoms with E-state index in [1.54, 1.807) is 0 Å². The number of nitrogens with zero attached hydrogens (tertiary/aromatic N) is 5. The average Bonchev–Trinajstić information content (AvgIpc) is 3.32. The normalized spacial score (nSPS) is 23.0. The standard InChI is InChI=1S/C16H24N6/c1-2-21-10-4-3-5-13(21)11-17-14-8-9-15-18-19-16(12-6-7-12)22(15)20-14/h8-9,12-13H,2-7,10-11H2,1H3,(H,17,20)/t13-/m1/s1. The van der Waals surface area contributed by atoms with E-state index in [-0.39, 0.29) is 0 Å². The van der Waals surface area contributed by atoms with Crippen LogP contribution in [0.15, 0.2) is 12.1 Å². The Kier molecular flexibility index (Phi) is 3.70. The highest BCUT2D eigenvalue weighted by Gasteiger charge is 2.29. The fourth-order valence-electron chi connectivity index (χ4n) is 3.43. The third-order valence-electron chi connectivity index (χ3n) is 4.90. The van der Waals surface area contributed by atoms with Crippen molar-refractivity contribution in [2.75, 3.05) is 25.0 Å². The number of anilines is 1. The van der Waals surface area contributed by atoms with E-state index < -0.39 is 0 Å². The van der Waals surface area contributed by atoms with Gasteiger partial charge in [0.2, 0.25) is 0 Å². The monoisotopic (exact) mass is 300 g/mol. The molecule has 4 rings (SSSR count). The minimum atomic E-state index is 0.562. The lowest BCUT2D eigenvalue weighted by molar-refractivity contribution is 0.164. The van der Waals surface area contributed by atoms with Crippen LogP contribution in [-0.4, -0.2) is 50.4 Å². The van der Waals surface area contributed by atoms with Crippen LogP contribution in [0.3, 0.4) is 0 Å². The summed E-state index contributed by atoms with van der Waals surface area (Å²) in [6.07, 6.45) is 6.39. The molecule has 2 aromatic heterocycles. The van der Waals surface area contributed by atoms with Crippen molar-refractivity contribution in [3.63, 3.8) is 0 Å². The molecular weight excluding hydrogens is 276 g/mol. The first kappa shape index (κ1) is 13.9. The van der Waals surface area contributed by atoms with Crippen LogP contribution in [0.2, 0.25) is 0 Å². The lowest BCUT2D eigenvalue weighted by atomic mass is 10.0. The van der Waals surface area contributed by atoms with E-state index in [0.717, 1.165) is 30.4 Å². The van der Waals surface area contributed by atoms with Crippen LogP contribution >= 0.6 is 0 Å². The third-order valence-corrected chi connectivity index (χ3v) is 4.90. The predicted molar refractivity (Wildman–Crippen MR) is 86.1 cm³/mol. The van der Waals surface area contributed by atoms with Crippen LogP contribution in [0.1, 0.15) is 50.8 Å². The first-order chi connectivity index (χ1) is 10.8. The number of fused-ring (bicyclic) bond motifs is 1. The molecule has 1 aliphatic heterocycles. The molecule has 0 radical (unpaired) electrons. The van der Waals surface area contributed by atoms with Crippen molar-refractivity contribution in [1.82, 2.24) is 24.7 Å². The molecular formula is C16H24N6. The van der Waals surface area contributed by atoms with Crippen molar-refractivity contribution in [2.45, 2.75) is 51.0 Å². The second kappa shape index (κ2) is 5.83. The van der Waals surface area contributed by atoms with Gasteiger partial charge >= 0.3 is 0 Å². The Morgan fingerprint density at radius 2 is 2.09 bits per heavy atom. The molecule has 1 atom stereocenters. The van der Waals surface area contributed by atoms with Crippen LogP contribution < -0.4 is 5.32 Å². The zero-order valence-corrected chi connectivity index (χ0v) is 13.2. The van der Waals surface area contributed by atoms with Gasteiger partial charge in [-0.15, -0.1) is 15.3 Å². The molecule has 2 aliphatic rings. The van der Waals surface area contributed by atoms with E-state index in [4.69, 9.17) is 5.10 Å². The van der Waals surface area contributed by atoms with Gasteiger partial charge < -0.3 is 5.32 Å². The number of nitrogens with one attached hydrogen (secondary N) is 1. The summed E-state index contributed by atoms with van der Waals surface area (Å²) in [6, 6.07) is 4.65. The lowest BCUT2D eigenvalue weighted by Crippen LogP contribution is -2.43. The van der Waals surface area contributed by atoms with Crippen LogP contribution in [0.5, 0.6) is 0 Å². The quantitative estimate of drug-likeness (QED) is 0.918. The topological polar surface area (TPSA) is 58.3 Å². The van der Waals surface area contributed by atoms with E-state index in [1.807, 2.05) is 16.6 Å². The Hall–Kier alpha value is -1.69. The Morgan fingerprint density at radius 3 is 2.91 bits per heavy atom. The lowest BCUT2D eigenvalue weighted by Gasteiger charge is -2.35. The SMILES string of the molecule is CCN1CCCC[C@@H]1CNc1ccc2nnc(C3CC3)n2n1. The number of hydrogen-bond acceptors (Lipinski definition) is 5. The number of piperidine rings is 1. The first-order valence-corrected chi connectivity index (χ1v) is 8.55. The maximum atomic E-state index is 4.69. The summed E-state index contributed by atoms with van der Waals surface area (Å²) >= 11 is 0. The second-order valence-electron chi connectivity index (χ2n) is 6.48. The zero-order chi connectivity index (χ0) is 14.9. The van der Waals surface area contributed by atoms with E-state index in [0.29, 0.717) is 12.0 Å². The van der Waals surface area contributed by atoms with Gasteiger partial charge in [-0.2, -0.15) is 4.52 Å². The molecule has 0 spiro atoms. The zero-order valence-electron chi connectivity index (χ0n) is 13.2. The molecule has 0 bridgehead atoms. The Balaban J connectivity index is 1.48. The van der Waals surface area contributed by atoms with E-state index in [2.05, 4.69) is 27.3 Å². The highest BCUT2D eigenvalue weighted by Crippen LogP contribution is 2.38. The van der Waals surface area contributed by atoms with E-state index >= 15 is 0 Å². The minimum absolute atomic E-state index is 0.562. The molecule has 2 fully saturated rings. The van der Waals surface area contributed by atoms with Gasteiger partial charge in [-0.25, -0.2) is 0 Å². The molecule has 3 heterocycles. The molecule has 1 N–H and O–H groups in total. The molecule has 1 aliphatic carbocycles. The van der Waals surface area contributed by atoms with Gasteiger partial charge in [0.1, 0.15) is 5.82 Å². The summed E-state index contributed by atoms with van der Waals surface area (Å²) in [5.74, 6) is 2.51. The first-order valence-electron chi connectivity index (χ1n) is 8.55. The Labute approximate surface area is 130 Å². The number of likely N-dealkylation sites (tertiary alicyclic amines) is 1. The van der Waals surface area contributed by atoms with Gasteiger partial charge in [0.05, 0.1) is 0 Å². The molecule has 22 heavy (non-hydrogen) atoms. The predicted octanol–water partition coefficient (Wildman–Crippen LogP) is 2.29. The smallest absolute Gasteiger partial charge is 0.178 e. The molecule has 1 saturated carbocycles.